The zero-order chi connectivity index (χ0) is 18.4. The molecule has 26 heavy (non-hydrogen) atoms. The average molecular weight is 355 g/mol. The van der Waals surface area contributed by atoms with Gasteiger partial charge < -0.3 is 15.1 Å². The third-order valence-electron chi connectivity index (χ3n) is 5.02. The Kier molecular flexibility index (Phi) is 6.52. The molecule has 0 bridgehead atoms. The van der Waals surface area contributed by atoms with Crippen molar-refractivity contribution in [3.05, 3.63) is 35.5 Å². The van der Waals surface area contributed by atoms with Crippen LogP contribution in [0.3, 0.4) is 0 Å². The maximum atomic E-state index is 4.67. The van der Waals surface area contributed by atoms with Gasteiger partial charge in [-0.15, -0.1) is 10.2 Å². The lowest BCUT2D eigenvalue weighted by Gasteiger charge is -2.34. The van der Waals surface area contributed by atoms with Crippen molar-refractivity contribution in [1.82, 2.24) is 25.0 Å². The number of aromatic nitrogens is 3. The molecule has 1 N–H and O–H groups in total. The lowest BCUT2D eigenvalue weighted by molar-refractivity contribution is 0.137. The average Bonchev–Trinajstić information content (AvgIpc) is 2.67. The fraction of sp³-hybridized carbons (Fsp3) is 0.550. The molecule has 0 saturated carbocycles. The minimum atomic E-state index is 0.675. The standard InChI is InChI=1S/C20H30N6/c1-4-25-12-14-26(15-13-25)11-5-10-21-19-17(3)23-24-20(22-19)18-8-6-16(2)7-9-18/h6-9H,4-5,10-15H2,1-3H3,(H,21,22,24). The molecule has 0 amide bonds. The van der Waals surface area contributed by atoms with Gasteiger partial charge in [0, 0.05) is 38.3 Å². The summed E-state index contributed by atoms with van der Waals surface area (Å²) >= 11 is 0. The fourth-order valence-corrected chi connectivity index (χ4v) is 3.21. The van der Waals surface area contributed by atoms with Gasteiger partial charge in [0.25, 0.3) is 0 Å². The van der Waals surface area contributed by atoms with E-state index in [4.69, 9.17) is 0 Å². The van der Waals surface area contributed by atoms with Crippen LogP contribution in [0.2, 0.25) is 0 Å². The topological polar surface area (TPSA) is 57.2 Å². The maximum Gasteiger partial charge on any atom is 0.183 e. The monoisotopic (exact) mass is 354 g/mol. The molecule has 1 aliphatic heterocycles. The van der Waals surface area contributed by atoms with E-state index in [2.05, 4.69) is 56.3 Å². The van der Waals surface area contributed by atoms with Gasteiger partial charge in [-0.1, -0.05) is 36.8 Å². The van der Waals surface area contributed by atoms with E-state index in [0.717, 1.165) is 36.6 Å². The Balaban J connectivity index is 1.50. The number of nitrogens with zero attached hydrogens (tertiary/aromatic N) is 5. The molecular weight excluding hydrogens is 324 g/mol. The number of nitrogens with one attached hydrogen (secondary N) is 1. The first-order valence-corrected chi connectivity index (χ1v) is 9.62. The lowest BCUT2D eigenvalue weighted by atomic mass is 10.1. The number of likely N-dealkylation sites (N-methyl/N-ethyl adjacent to an activating group) is 1. The number of anilines is 1. The van der Waals surface area contributed by atoms with Gasteiger partial charge in [-0.3, -0.25) is 0 Å². The first-order valence-electron chi connectivity index (χ1n) is 9.62. The summed E-state index contributed by atoms with van der Waals surface area (Å²) in [6.07, 6.45) is 1.11. The summed E-state index contributed by atoms with van der Waals surface area (Å²) < 4.78 is 0. The van der Waals surface area contributed by atoms with E-state index in [1.165, 1.54) is 38.3 Å². The molecule has 0 unspecified atom stereocenters. The van der Waals surface area contributed by atoms with Crippen LogP contribution < -0.4 is 5.32 Å². The molecule has 1 aliphatic rings. The Labute approximate surface area is 156 Å². The van der Waals surface area contributed by atoms with Crippen molar-refractivity contribution in [2.75, 3.05) is 51.1 Å². The van der Waals surface area contributed by atoms with E-state index in [0.29, 0.717) is 5.82 Å². The molecule has 6 nitrogen and oxygen atoms in total. The van der Waals surface area contributed by atoms with E-state index in [1.54, 1.807) is 0 Å². The van der Waals surface area contributed by atoms with Crippen LogP contribution in [0.15, 0.2) is 24.3 Å². The zero-order valence-corrected chi connectivity index (χ0v) is 16.2. The van der Waals surface area contributed by atoms with Crippen molar-refractivity contribution in [1.29, 1.82) is 0 Å². The van der Waals surface area contributed by atoms with Crippen LogP contribution in [-0.2, 0) is 0 Å². The number of aryl methyl sites for hydroxylation is 2. The smallest absolute Gasteiger partial charge is 0.183 e. The number of benzene rings is 1. The van der Waals surface area contributed by atoms with Gasteiger partial charge in [-0.2, -0.15) is 0 Å². The highest BCUT2D eigenvalue weighted by molar-refractivity contribution is 5.57. The molecule has 0 spiro atoms. The Hall–Kier alpha value is -2.05. The van der Waals surface area contributed by atoms with Crippen molar-refractivity contribution < 1.29 is 0 Å². The van der Waals surface area contributed by atoms with E-state index >= 15 is 0 Å². The Morgan fingerprint density at radius 3 is 2.35 bits per heavy atom. The molecule has 0 radical (unpaired) electrons. The molecule has 2 heterocycles. The molecule has 2 aromatic rings. The lowest BCUT2D eigenvalue weighted by Crippen LogP contribution is -2.46. The number of hydrogen-bond donors (Lipinski definition) is 1. The number of hydrogen-bond acceptors (Lipinski definition) is 6. The van der Waals surface area contributed by atoms with Gasteiger partial charge >= 0.3 is 0 Å². The summed E-state index contributed by atoms with van der Waals surface area (Å²) in [4.78, 5) is 9.74. The van der Waals surface area contributed by atoms with Gasteiger partial charge in [-0.25, -0.2) is 4.98 Å². The summed E-state index contributed by atoms with van der Waals surface area (Å²) in [6, 6.07) is 8.23. The van der Waals surface area contributed by atoms with Crippen molar-refractivity contribution >= 4 is 5.82 Å². The molecule has 1 saturated heterocycles. The fourth-order valence-electron chi connectivity index (χ4n) is 3.21. The first-order chi connectivity index (χ1) is 12.7. The number of piperazine rings is 1. The van der Waals surface area contributed by atoms with E-state index in [1.807, 2.05) is 19.1 Å². The van der Waals surface area contributed by atoms with Gasteiger partial charge in [0.2, 0.25) is 0 Å². The Bertz CT molecular complexity index is 692. The summed E-state index contributed by atoms with van der Waals surface area (Å²) in [5, 5.41) is 12.0. The Morgan fingerprint density at radius 1 is 0.962 bits per heavy atom. The molecule has 0 aliphatic carbocycles. The number of rotatable bonds is 7. The summed E-state index contributed by atoms with van der Waals surface area (Å²) in [5.74, 6) is 1.51. The second-order valence-corrected chi connectivity index (χ2v) is 6.99. The van der Waals surface area contributed by atoms with Crippen molar-refractivity contribution in [2.24, 2.45) is 0 Å². The molecule has 1 fully saturated rings. The van der Waals surface area contributed by atoms with Gasteiger partial charge in [0.1, 0.15) is 5.69 Å². The molecule has 1 aromatic heterocycles. The van der Waals surface area contributed by atoms with Crippen LogP contribution in [-0.4, -0.2) is 70.8 Å². The minimum absolute atomic E-state index is 0.675. The van der Waals surface area contributed by atoms with Crippen LogP contribution in [0.25, 0.3) is 11.4 Å². The van der Waals surface area contributed by atoms with E-state index < -0.39 is 0 Å². The second kappa shape index (κ2) is 9.05. The molecule has 3 rings (SSSR count). The zero-order valence-electron chi connectivity index (χ0n) is 16.2. The van der Waals surface area contributed by atoms with Crippen LogP contribution in [0, 0.1) is 13.8 Å². The highest BCUT2D eigenvalue weighted by atomic mass is 15.3. The summed E-state index contributed by atoms with van der Waals surface area (Å²) in [5.41, 5.74) is 3.07. The first kappa shape index (κ1) is 18.7. The minimum Gasteiger partial charge on any atom is -0.368 e. The quantitative estimate of drug-likeness (QED) is 0.772. The third kappa shape index (κ3) is 4.99. The third-order valence-corrected chi connectivity index (χ3v) is 5.02. The van der Waals surface area contributed by atoms with E-state index in [9.17, 15) is 0 Å². The predicted octanol–water partition coefficient (Wildman–Crippen LogP) is 2.59. The van der Waals surface area contributed by atoms with Crippen LogP contribution >= 0.6 is 0 Å². The van der Waals surface area contributed by atoms with Crippen LogP contribution in [0.5, 0.6) is 0 Å². The van der Waals surface area contributed by atoms with Gasteiger partial charge in [-0.05, 0) is 33.4 Å². The van der Waals surface area contributed by atoms with Crippen LogP contribution in [0.4, 0.5) is 5.82 Å². The van der Waals surface area contributed by atoms with Gasteiger partial charge in [0.05, 0.1) is 0 Å². The highest BCUT2D eigenvalue weighted by Crippen LogP contribution is 2.18. The molecule has 1 aromatic carbocycles. The van der Waals surface area contributed by atoms with Crippen LogP contribution in [0.1, 0.15) is 24.6 Å². The largest absolute Gasteiger partial charge is 0.368 e. The maximum absolute atomic E-state index is 4.67. The highest BCUT2D eigenvalue weighted by Gasteiger charge is 2.14. The summed E-state index contributed by atoms with van der Waals surface area (Å²) in [7, 11) is 0. The van der Waals surface area contributed by atoms with Crippen molar-refractivity contribution in [3.63, 3.8) is 0 Å². The second-order valence-electron chi connectivity index (χ2n) is 6.99. The molecule has 140 valence electrons. The molecule has 0 atom stereocenters. The van der Waals surface area contributed by atoms with E-state index in [-0.39, 0.29) is 0 Å². The predicted molar refractivity (Wildman–Crippen MR) is 106 cm³/mol. The van der Waals surface area contributed by atoms with Crippen molar-refractivity contribution in [2.45, 2.75) is 27.2 Å². The molecular formula is C20H30N6. The normalized spacial score (nSPS) is 16.0. The Morgan fingerprint density at radius 2 is 1.65 bits per heavy atom. The summed E-state index contributed by atoms with van der Waals surface area (Å²) in [6.45, 7) is 14.2. The van der Waals surface area contributed by atoms with Crippen molar-refractivity contribution in [3.8, 4) is 11.4 Å². The SMILES string of the molecule is CCN1CCN(CCCNc2nc(-c3ccc(C)cc3)nnc2C)CC1. The molecule has 6 heteroatoms. The van der Waals surface area contributed by atoms with Gasteiger partial charge in [0.15, 0.2) is 11.6 Å².